The standard InChI is InChI=1S/C23H17F4N3O3/c1-2-32-22(31)13-7-9-19(17(24)11-13)30-18-6-4-3-5-15(18)21(29-30)33-20-10-8-14(28)12-16(20)23(25,26)27/h3-12H,2,28H2,1H3. The number of fused-ring (bicyclic) bond motifs is 1. The molecule has 0 aliphatic rings. The van der Waals surface area contributed by atoms with E-state index in [4.69, 9.17) is 15.2 Å². The van der Waals surface area contributed by atoms with Gasteiger partial charge >= 0.3 is 12.1 Å². The topological polar surface area (TPSA) is 79.4 Å². The van der Waals surface area contributed by atoms with Crippen molar-refractivity contribution in [2.45, 2.75) is 13.1 Å². The Balaban J connectivity index is 1.80. The van der Waals surface area contributed by atoms with Gasteiger partial charge in [-0.2, -0.15) is 13.2 Å². The fourth-order valence-electron chi connectivity index (χ4n) is 3.28. The molecule has 0 fully saturated rings. The number of anilines is 1. The quantitative estimate of drug-likeness (QED) is 0.234. The minimum absolute atomic E-state index is 0.0164. The number of aromatic nitrogens is 2. The van der Waals surface area contributed by atoms with Crippen LogP contribution in [0.5, 0.6) is 11.6 Å². The number of alkyl halides is 3. The molecule has 3 aromatic carbocycles. The molecule has 1 aromatic heterocycles. The molecule has 4 rings (SSSR count). The summed E-state index contributed by atoms with van der Waals surface area (Å²) in [7, 11) is 0. The van der Waals surface area contributed by atoms with Gasteiger partial charge in [0.05, 0.1) is 23.1 Å². The summed E-state index contributed by atoms with van der Waals surface area (Å²) in [6.45, 7) is 1.77. The molecule has 0 spiro atoms. The highest BCUT2D eigenvalue weighted by molar-refractivity contribution is 5.90. The van der Waals surface area contributed by atoms with E-state index in [1.165, 1.54) is 22.9 Å². The minimum Gasteiger partial charge on any atom is -0.462 e. The van der Waals surface area contributed by atoms with Crippen molar-refractivity contribution in [1.29, 1.82) is 0 Å². The zero-order chi connectivity index (χ0) is 23.8. The highest BCUT2D eigenvalue weighted by Crippen LogP contribution is 2.40. The number of nitrogen functional groups attached to an aromatic ring is 1. The summed E-state index contributed by atoms with van der Waals surface area (Å²) < 4.78 is 66.9. The average Bonchev–Trinajstić information content (AvgIpc) is 3.12. The molecule has 0 aliphatic heterocycles. The predicted molar refractivity (Wildman–Crippen MR) is 113 cm³/mol. The van der Waals surface area contributed by atoms with Gasteiger partial charge in [-0.1, -0.05) is 12.1 Å². The Morgan fingerprint density at radius 3 is 2.55 bits per heavy atom. The van der Waals surface area contributed by atoms with Crippen molar-refractivity contribution in [2.24, 2.45) is 0 Å². The van der Waals surface area contributed by atoms with Gasteiger partial charge < -0.3 is 15.2 Å². The van der Waals surface area contributed by atoms with Gasteiger partial charge in [0.2, 0.25) is 5.88 Å². The third-order valence-corrected chi connectivity index (χ3v) is 4.76. The molecule has 0 bridgehead atoms. The van der Waals surface area contributed by atoms with Crippen LogP contribution < -0.4 is 10.5 Å². The number of benzene rings is 3. The van der Waals surface area contributed by atoms with Crippen molar-refractivity contribution in [3.63, 3.8) is 0 Å². The van der Waals surface area contributed by atoms with Crippen LogP contribution in [0.4, 0.5) is 23.2 Å². The van der Waals surface area contributed by atoms with Gasteiger partial charge in [0, 0.05) is 5.69 Å². The number of esters is 1. The van der Waals surface area contributed by atoms with Crippen molar-refractivity contribution >= 4 is 22.6 Å². The molecular weight excluding hydrogens is 442 g/mol. The van der Waals surface area contributed by atoms with E-state index in [2.05, 4.69) is 5.10 Å². The molecule has 33 heavy (non-hydrogen) atoms. The van der Waals surface area contributed by atoms with E-state index in [0.717, 1.165) is 18.2 Å². The van der Waals surface area contributed by atoms with Crippen molar-refractivity contribution in [3.05, 3.63) is 77.6 Å². The lowest BCUT2D eigenvalue weighted by atomic mass is 10.1. The summed E-state index contributed by atoms with van der Waals surface area (Å²) in [5.41, 5.74) is 4.75. The molecular formula is C23H17F4N3O3. The first-order valence-corrected chi connectivity index (χ1v) is 9.78. The molecule has 10 heteroatoms. The Kier molecular flexibility index (Phi) is 5.67. The first-order valence-electron chi connectivity index (χ1n) is 9.78. The summed E-state index contributed by atoms with van der Waals surface area (Å²) in [5, 5.41) is 4.57. The molecule has 0 unspecified atom stereocenters. The first-order chi connectivity index (χ1) is 15.7. The number of nitrogens with two attached hydrogens (primary N) is 1. The molecule has 1 heterocycles. The maximum Gasteiger partial charge on any atom is 0.420 e. The highest BCUT2D eigenvalue weighted by atomic mass is 19.4. The van der Waals surface area contributed by atoms with Crippen LogP contribution in [0.25, 0.3) is 16.6 Å². The van der Waals surface area contributed by atoms with Gasteiger partial charge in [0.25, 0.3) is 0 Å². The van der Waals surface area contributed by atoms with Crippen LogP contribution in [0.15, 0.2) is 60.7 Å². The van der Waals surface area contributed by atoms with Gasteiger partial charge in [-0.25, -0.2) is 13.9 Å². The molecule has 2 N–H and O–H groups in total. The van der Waals surface area contributed by atoms with Crippen molar-refractivity contribution < 1.29 is 31.8 Å². The summed E-state index contributed by atoms with van der Waals surface area (Å²) >= 11 is 0. The van der Waals surface area contributed by atoms with Crippen LogP contribution in [-0.4, -0.2) is 22.4 Å². The van der Waals surface area contributed by atoms with Crippen molar-refractivity contribution in [2.75, 3.05) is 12.3 Å². The SMILES string of the molecule is CCOC(=O)c1ccc(-n2nc(Oc3ccc(N)cc3C(F)(F)F)c3ccccc32)c(F)c1. The number of carbonyl (C=O) groups is 1. The number of rotatable bonds is 5. The molecule has 170 valence electrons. The van der Waals surface area contributed by atoms with Crippen LogP contribution in [0.3, 0.4) is 0 Å². The molecule has 0 saturated carbocycles. The lowest BCUT2D eigenvalue weighted by molar-refractivity contribution is -0.138. The van der Waals surface area contributed by atoms with Gasteiger partial charge in [-0.15, -0.1) is 5.10 Å². The maximum absolute atomic E-state index is 14.9. The van der Waals surface area contributed by atoms with E-state index >= 15 is 0 Å². The van der Waals surface area contributed by atoms with E-state index in [1.807, 2.05) is 0 Å². The molecule has 0 aliphatic carbocycles. The summed E-state index contributed by atoms with van der Waals surface area (Å²) in [6, 6.07) is 13.4. The Morgan fingerprint density at radius 1 is 1.09 bits per heavy atom. The van der Waals surface area contributed by atoms with Gasteiger partial charge in [-0.05, 0) is 55.5 Å². The van der Waals surface area contributed by atoms with Gasteiger partial charge in [-0.3, -0.25) is 0 Å². The monoisotopic (exact) mass is 459 g/mol. The lowest BCUT2D eigenvalue weighted by Gasteiger charge is -2.13. The summed E-state index contributed by atoms with van der Waals surface area (Å²) in [6.07, 6.45) is -4.71. The summed E-state index contributed by atoms with van der Waals surface area (Å²) in [5.74, 6) is -2.11. The fourth-order valence-corrected chi connectivity index (χ4v) is 3.28. The molecule has 0 amide bonds. The second-order valence-electron chi connectivity index (χ2n) is 6.98. The van der Waals surface area contributed by atoms with Crippen LogP contribution in [0, 0.1) is 5.82 Å². The van der Waals surface area contributed by atoms with Crippen LogP contribution in [0.1, 0.15) is 22.8 Å². The lowest BCUT2D eigenvalue weighted by Crippen LogP contribution is -2.08. The number of halogens is 4. The number of hydrogen-bond acceptors (Lipinski definition) is 5. The predicted octanol–water partition coefficient (Wildman–Crippen LogP) is 5.73. The van der Waals surface area contributed by atoms with Crippen molar-refractivity contribution in [1.82, 2.24) is 9.78 Å². The van der Waals surface area contributed by atoms with E-state index < -0.39 is 29.3 Å². The first kappa shape index (κ1) is 22.1. The number of para-hydroxylation sites is 1. The van der Waals surface area contributed by atoms with E-state index in [9.17, 15) is 22.4 Å². The van der Waals surface area contributed by atoms with E-state index in [0.29, 0.717) is 10.9 Å². The molecule has 4 aromatic rings. The fraction of sp³-hybridized carbons (Fsp3) is 0.130. The third kappa shape index (κ3) is 4.32. The molecule has 6 nitrogen and oxygen atoms in total. The number of ether oxygens (including phenoxy) is 2. The Hall–Kier alpha value is -4.08. The minimum atomic E-state index is -4.71. The van der Waals surface area contributed by atoms with E-state index in [-0.39, 0.29) is 29.4 Å². The molecule has 0 atom stereocenters. The Bertz CT molecular complexity index is 1350. The number of carbonyl (C=O) groups excluding carboxylic acids is 1. The maximum atomic E-state index is 14.9. The second-order valence-corrected chi connectivity index (χ2v) is 6.98. The van der Waals surface area contributed by atoms with Crippen LogP contribution >= 0.6 is 0 Å². The summed E-state index contributed by atoms with van der Waals surface area (Å²) in [4.78, 5) is 11.9. The number of hydrogen-bond donors (Lipinski definition) is 1. The van der Waals surface area contributed by atoms with Gasteiger partial charge in [0.15, 0.2) is 0 Å². The average molecular weight is 459 g/mol. The molecule has 0 saturated heterocycles. The zero-order valence-corrected chi connectivity index (χ0v) is 17.2. The normalized spacial score (nSPS) is 11.5. The van der Waals surface area contributed by atoms with Crippen LogP contribution in [-0.2, 0) is 10.9 Å². The molecule has 0 radical (unpaired) electrons. The third-order valence-electron chi connectivity index (χ3n) is 4.76. The smallest absolute Gasteiger partial charge is 0.420 e. The van der Waals surface area contributed by atoms with E-state index in [1.54, 1.807) is 31.2 Å². The number of nitrogens with zero attached hydrogens (tertiary/aromatic N) is 2. The van der Waals surface area contributed by atoms with Crippen molar-refractivity contribution in [3.8, 4) is 17.3 Å². The Morgan fingerprint density at radius 2 is 1.85 bits per heavy atom. The van der Waals surface area contributed by atoms with Gasteiger partial charge in [0.1, 0.15) is 22.8 Å². The zero-order valence-electron chi connectivity index (χ0n) is 17.2. The highest BCUT2D eigenvalue weighted by Gasteiger charge is 2.35. The largest absolute Gasteiger partial charge is 0.462 e. The van der Waals surface area contributed by atoms with Crippen LogP contribution in [0.2, 0.25) is 0 Å². The second kappa shape index (κ2) is 8.45. The Labute approximate surface area is 185 Å².